The minimum Gasteiger partial charge on any atom is -0.326 e. The van der Waals surface area contributed by atoms with Gasteiger partial charge in [0.25, 0.3) is 0 Å². The number of ketones is 1. The van der Waals surface area contributed by atoms with E-state index in [4.69, 9.17) is 0 Å². The van der Waals surface area contributed by atoms with Gasteiger partial charge >= 0.3 is 0 Å². The maximum atomic E-state index is 12.4. The van der Waals surface area contributed by atoms with Crippen LogP contribution in [0.4, 0.5) is 5.69 Å². The molecule has 8 heteroatoms. The summed E-state index contributed by atoms with van der Waals surface area (Å²) in [6.07, 6.45) is 3.82. The van der Waals surface area contributed by atoms with E-state index >= 15 is 0 Å². The van der Waals surface area contributed by atoms with Crippen molar-refractivity contribution in [3.05, 3.63) is 54.4 Å². The summed E-state index contributed by atoms with van der Waals surface area (Å²) in [4.78, 5) is 27.8. The third-order valence-electron chi connectivity index (χ3n) is 3.92. The number of rotatable bonds is 7. The Hall–Kier alpha value is -3.00. The Balaban J connectivity index is 1.63. The number of benzene rings is 1. The summed E-state index contributed by atoms with van der Waals surface area (Å²) in [5.41, 5.74) is 2.19. The van der Waals surface area contributed by atoms with Crippen LogP contribution in [0.25, 0.3) is 11.4 Å². The van der Waals surface area contributed by atoms with Crippen molar-refractivity contribution in [2.75, 3.05) is 11.1 Å². The van der Waals surface area contributed by atoms with Gasteiger partial charge in [-0.2, -0.15) is 0 Å². The van der Waals surface area contributed by atoms with E-state index in [1.807, 2.05) is 23.7 Å². The molecule has 0 bridgehead atoms. The Morgan fingerprint density at radius 2 is 1.78 bits per heavy atom. The van der Waals surface area contributed by atoms with Crippen molar-refractivity contribution in [2.45, 2.75) is 18.5 Å². The molecule has 27 heavy (non-hydrogen) atoms. The molecule has 0 radical (unpaired) electrons. The van der Waals surface area contributed by atoms with Crippen LogP contribution in [0.5, 0.6) is 0 Å². The molecular weight excluding hydrogens is 362 g/mol. The third kappa shape index (κ3) is 4.59. The van der Waals surface area contributed by atoms with Gasteiger partial charge in [-0.25, -0.2) is 0 Å². The Morgan fingerprint density at radius 1 is 1.07 bits per heavy atom. The van der Waals surface area contributed by atoms with Gasteiger partial charge in [0.15, 0.2) is 16.8 Å². The lowest BCUT2D eigenvalue weighted by Crippen LogP contribution is -2.10. The number of carbonyl (C=O) groups is 2. The van der Waals surface area contributed by atoms with Crippen LogP contribution in [-0.2, 0) is 11.8 Å². The van der Waals surface area contributed by atoms with Crippen molar-refractivity contribution in [3.8, 4) is 11.4 Å². The van der Waals surface area contributed by atoms with Gasteiger partial charge in [0, 0.05) is 42.7 Å². The lowest BCUT2D eigenvalue weighted by Gasteiger charge is -2.06. The maximum Gasteiger partial charge on any atom is 0.224 e. The number of amides is 1. The highest BCUT2D eigenvalue weighted by atomic mass is 32.2. The summed E-state index contributed by atoms with van der Waals surface area (Å²) in [5, 5.41) is 11.8. The first-order valence-corrected chi connectivity index (χ1v) is 9.42. The Labute approximate surface area is 161 Å². The monoisotopic (exact) mass is 381 g/mol. The molecule has 1 amide bonds. The van der Waals surface area contributed by atoms with E-state index in [9.17, 15) is 9.59 Å². The largest absolute Gasteiger partial charge is 0.326 e. The van der Waals surface area contributed by atoms with Crippen LogP contribution in [-0.4, -0.2) is 37.2 Å². The van der Waals surface area contributed by atoms with E-state index in [1.165, 1.54) is 11.8 Å². The molecule has 0 fully saturated rings. The fraction of sp³-hybridized carbons (Fsp3) is 0.211. The van der Waals surface area contributed by atoms with Crippen LogP contribution in [0.1, 0.15) is 23.7 Å². The lowest BCUT2D eigenvalue weighted by molar-refractivity contribution is -0.115. The van der Waals surface area contributed by atoms with E-state index in [2.05, 4.69) is 20.5 Å². The molecule has 0 unspecified atom stereocenters. The number of nitrogens with one attached hydrogen (secondary N) is 1. The number of thioether (sulfide) groups is 1. The highest BCUT2D eigenvalue weighted by Gasteiger charge is 2.14. The van der Waals surface area contributed by atoms with Gasteiger partial charge in [0.05, 0.1) is 5.75 Å². The minimum atomic E-state index is -0.0584. The summed E-state index contributed by atoms with van der Waals surface area (Å²) in [7, 11) is 1.87. The molecule has 0 spiro atoms. The zero-order chi connectivity index (χ0) is 19.2. The second-order valence-corrected chi connectivity index (χ2v) is 6.73. The van der Waals surface area contributed by atoms with Crippen LogP contribution in [0.2, 0.25) is 0 Å². The SMILES string of the molecule is CCC(=O)Nc1ccc(C(=O)CSc2nnc(-c3ccncc3)n2C)cc1. The Morgan fingerprint density at radius 3 is 2.44 bits per heavy atom. The van der Waals surface area contributed by atoms with Crippen molar-refractivity contribution >= 4 is 29.1 Å². The summed E-state index contributed by atoms with van der Waals surface area (Å²) in [6, 6.07) is 10.6. The second kappa shape index (κ2) is 8.59. The summed E-state index contributed by atoms with van der Waals surface area (Å²) >= 11 is 1.34. The molecule has 0 aliphatic carbocycles. The standard InChI is InChI=1S/C19H19N5O2S/c1-3-17(26)21-15-6-4-13(5-7-15)16(25)12-27-19-23-22-18(24(19)2)14-8-10-20-11-9-14/h4-11H,3,12H2,1-2H3,(H,21,26). The van der Waals surface area contributed by atoms with Gasteiger partial charge in [-0.3, -0.25) is 14.6 Å². The minimum absolute atomic E-state index is 0.0122. The highest BCUT2D eigenvalue weighted by Crippen LogP contribution is 2.23. The van der Waals surface area contributed by atoms with E-state index < -0.39 is 0 Å². The molecule has 0 saturated carbocycles. The molecule has 1 N–H and O–H groups in total. The number of hydrogen-bond donors (Lipinski definition) is 1. The normalized spacial score (nSPS) is 10.6. The number of anilines is 1. The molecule has 2 heterocycles. The van der Waals surface area contributed by atoms with Crippen LogP contribution < -0.4 is 5.32 Å². The average molecular weight is 381 g/mol. The molecule has 0 aliphatic heterocycles. The van der Waals surface area contributed by atoms with E-state index in [-0.39, 0.29) is 17.4 Å². The zero-order valence-electron chi connectivity index (χ0n) is 15.0. The Kier molecular flexibility index (Phi) is 5.97. The molecule has 138 valence electrons. The van der Waals surface area contributed by atoms with Crippen LogP contribution in [0.15, 0.2) is 53.9 Å². The highest BCUT2D eigenvalue weighted by molar-refractivity contribution is 7.99. The molecule has 0 aliphatic rings. The quantitative estimate of drug-likeness (QED) is 0.499. The first kappa shape index (κ1) is 18.8. The van der Waals surface area contributed by atoms with Crippen molar-refractivity contribution in [2.24, 2.45) is 7.05 Å². The van der Waals surface area contributed by atoms with Crippen molar-refractivity contribution in [1.82, 2.24) is 19.7 Å². The fourth-order valence-electron chi connectivity index (χ4n) is 2.40. The van der Waals surface area contributed by atoms with Crippen molar-refractivity contribution in [3.63, 3.8) is 0 Å². The average Bonchev–Trinajstić information content (AvgIpc) is 3.07. The van der Waals surface area contributed by atoms with Crippen LogP contribution in [0, 0.1) is 0 Å². The first-order valence-electron chi connectivity index (χ1n) is 8.44. The van der Waals surface area contributed by atoms with Gasteiger partial charge in [0.1, 0.15) is 0 Å². The zero-order valence-corrected chi connectivity index (χ0v) is 15.9. The second-order valence-electron chi connectivity index (χ2n) is 5.79. The summed E-state index contributed by atoms with van der Waals surface area (Å²) in [6.45, 7) is 1.79. The molecule has 0 saturated heterocycles. The first-order chi connectivity index (χ1) is 13.1. The van der Waals surface area contributed by atoms with Crippen LogP contribution >= 0.6 is 11.8 Å². The van der Waals surface area contributed by atoms with Crippen molar-refractivity contribution < 1.29 is 9.59 Å². The third-order valence-corrected chi connectivity index (χ3v) is 4.94. The molecule has 0 atom stereocenters. The molecule has 3 rings (SSSR count). The summed E-state index contributed by atoms with van der Waals surface area (Å²) < 4.78 is 1.86. The molecule has 3 aromatic rings. The molecule has 1 aromatic carbocycles. The lowest BCUT2D eigenvalue weighted by atomic mass is 10.1. The maximum absolute atomic E-state index is 12.4. The number of hydrogen-bond acceptors (Lipinski definition) is 6. The predicted octanol–water partition coefficient (Wildman–Crippen LogP) is 3.20. The van der Waals surface area contributed by atoms with Crippen LogP contribution in [0.3, 0.4) is 0 Å². The molecular formula is C19H19N5O2S. The Bertz CT molecular complexity index is 938. The summed E-state index contributed by atoms with van der Waals surface area (Å²) in [5.74, 6) is 0.908. The predicted molar refractivity (Wildman–Crippen MR) is 105 cm³/mol. The number of nitrogens with zero attached hydrogens (tertiary/aromatic N) is 4. The van der Waals surface area contributed by atoms with Gasteiger partial charge in [-0.1, -0.05) is 18.7 Å². The molecule has 7 nitrogen and oxygen atoms in total. The van der Waals surface area contributed by atoms with Gasteiger partial charge in [-0.05, 0) is 36.4 Å². The van der Waals surface area contributed by atoms with Gasteiger partial charge < -0.3 is 9.88 Å². The molecule has 2 aromatic heterocycles. The van der Waals surface area contributed by atoms with Crippen molar-refractivity contribution in [1.29, 1.82) is 0 Å². The van der Waals surface area contributed by atoms with E-state index in [1.54, 1.807) is 43.6 Å². The van der Waals surface area contributed by atoms with Gasteiger partial charge in [0.2, 0.25) is 5.91 Å². The number of Topliss-reactive ketones (excluding diaryl/α,β-unsaturated/α-hetero) is 1. The number of aromatic nitrogens is 4. The van der Waals surface area contributed by atoms with E-state index in [0.29, 0.717) is 22.8 Å². The topological polar surface area (TPSA) is 89.8 Å². The van der Waals surface area contributed by atoms with Gasteiger partial charge in [-0.15, -0.1) is 10.2 Å². The fourth-order valence-corrected chi connectivity index (χ4v) is 3.20. The smallest absolute Gasteiger partial charge is 0.224 e. The number of carbonyl (C=O) groups excluding carboxylic acids is 2. The number of pyridine rings is 1. The van der Waals surface area contributed by atoms with E-state index in [0.717, 1.165) is 11.4 Å².